The zero-order valence-corrected chi connectivity index (χ0v) is 18.0. The Labute approximate surface area is 194 Å². The molecule has 1 amide bonds. The fraction of sp³-hybridized carbons (Fsp3) is 0.227. The van der Waals surface area contributed by atoms with Crippen LogP contribution in [0.3, 0.4) is 0 Å². The van der Waals surface area contributed by atoms with E-state index in [0.717, 1.165) is 11.8 Å². The Morgan fingerprint density at radius 1 is 1.06 bits per heavy atom. The van der Waals surface area contributed by atoms with Crippen LogP contribution in [0.2, 0.25) is 5.02 Å². The van der Waals surface area contributed by atoms with Crippen molar-refractivity contribution in [2.24, 2.45) is 5.10 Å². The van der Waals surface area contributed by atoms with Crippen molar-refractivity contribution in [1.29, 1.82) is 0 Å². The average Bonchev–Trinajstić information content (AvgIpc) is 3.29. The molecule has 2 aromatic carbocycles. The molecule has 11 heteroatoms. The summed E-state index contributed by atoms with van der Waals surface area (Å²) in [5, 5.41) is 55.9. The van der Waals surface area contributed by atoms with Crippen LogP contribution < -0.4 is 5.43 Å². The van der Waals surface area contributed by atoms with E-state index in [9.17, 15) is 25.2 Å². The minimum atomic E-state index is -1.83. The molecule has 0 bridgehead atoms. The van der Waals surface area contributed by atoms with Gasteiger partial charge in [0.25, 0.3) is 5.91 Å². The molecule has 1 heterocycles. The quantitative estimate of drug-likeness (QED) is 0.192. The standard InChI is InChI=1S/C22H23ClN4O6/c23-14-6-8-15(9-7-14)27-17(13-4-2-1-3-5-13)10-16(26-27)22(33)25-24-11-18(29)20(31)21(32)19(30)12-28/h1-11,18-21,28-32H,12H2,(H,25,33)/b24-11-/t18-,19+,20+,21-/m1/s1. The van der Waals surface area contributed by atoms with Gasteiger partial charge in [-0.25, -0.2) is 10.1 Å². The Kier molecular flexibility index (Phi) is 8.28. The maximum atomic E-state index is 12.6. The number of aliphatic hydroxyl groups is 5. The third-order valence-corrected chi connectivity index (χ3v) is 5.01. The number of amides is 1. The van der Waals surface area contributed by atoms with Crippen molar-refractivity contribution in [2.45, 2.75) is 24.4 Å². The Morgan fingerprint density at radius 2 is 1.73 bits per heavy atom. The molecule has 0 saturated carbocycles. The Morgan fingerprint density at radius 3 is 2.36 bits per heavy atom. The number of hydrazone groups is 1. The molecule has 3 rings (SSSR count). The highest BCUT2D eigenvalue weighted by molar-refractivity contribution is 6.30. The second-order valence-electron chi connectivity index (χ2n) is 7.11. The smallest absolute Gasteiger partial charge is 0.291 e. The summed E-state index contributed by atoms with van der Waals surface area (Å²) >= 11 is 5.97. The number of hydrogen-bond donors (Lipinski definition) is 6. The number of benzene rings is 2. The zero-order chi connectivity index (χ0) is 24.0. The largest absolute Gasteiger partial charge is 0.394 e. The van der Waals surface area contributed by atoms with Gasteiger partial charge in [-0.1, -0.05) is 41.9 Å². The molecule has 174 valence electrons. The molecule has 3 aromatic rings. The molecule has 33 heavy (non-hydrogen) atoms. The molecule has 0 saturated heterocycles. The van der Waals surface area contributed by atoms with Gasteiger partial charge in [0.2, 0.25) is 0 Å². The van der Waals surface area contributed by atoms with E-state index in [0.29, 0.717) is 16.4 Å². The lowest BCUT2D eigenvalue weighted by molar-refractivity contribution is -0.0999. The van der Waals surface area contributed by atoms with E-state index >= 15 is 0 Å². The molecular formula is C22H23ClN4O6. The lowest BCUT2D eigenvalue weighted by Gasteiger charge is -2.23. The van der Waals surface area contributed by atoms with E-state index in [2.05, 4.69) is 15.6 Å². The van der Waals surface area contributed by atoms with Crippen LogP contribution in [-0.4, -0.2) is 78.5 Å². The fourth-order valence-corrected chi connectivity index (χ4v) is 3.07. The van der Waals surface area contributed by atoms with Crippen LogP contribution in [0.4, 0.5) is 0 Å². The normalized spacial score (nSPS) is 15.2. The third-order valence-electron chi connectivity index (χ3n) is 4.76. The molecule has 0 spiro atoms. The number of carbonyl (C=O) groups excluding carboxylic acids is 1. The molecule has 10 nitrogen and oxygen atoms in total. The van der Waals surface area contributed by atoms with E-state index in [-0.39, 0.29) is 5.69 Å². The predicted molar refractivity (Wildman–Crippen MR) is 121 cm³/mol. The topological polar surface area (TPSA) is 160 Å². The fourth-order valence-electron chi connectivity index (χ4n) is 2.94. The number of nitrogens with zero attached hydrogens (tertiary/aromatic N) is 3. The first-order valence-electron chi connectivity index (χ1n) is 9.90. The van der Waals surface area contributed by atoms with Gasteiger partial charge in [0.1, 0.15) is 24.4 Å². The Balaban J connectivity index is 1.79. The summed E-state index contributed by atoms with van der Waals surface area (Å²) in [4.78, 5) is 12.6. The Bertz CT molecular complexity index is 1090. The second-order valence-corrected chi connectivity index (χ2v) is 7.55. The first-order valence-corrected chi connectivity index (χ1v) is 10.3. The molecule has 1 aromatic heterocycles. The monoisotopic (exact) mass is 474 g/mol. The number of aliphatic hydroxyl groups excluding tert-OH is 5. The lowest BCUT2D eigenvalue weighted by Crippen LogP contribution is -2.46. The van der Waals surface area contributed by atoms with Gasteiger partial charge in [-0.05, 0) is 30.3 Å². The van der Waals surface area contributed by atoms with Gasteiger partial charge in [-0.15, -0.1) is 0 Å². The van der Waals surface area contributed by atoms with E-state index < -0.39 is 36.9 Å². The number of hydrogen-bond acceptors (Lipinski definition) is 8. The van der Waals surface area contributed by atoms with Gasteiger partial charge in [0.15, 0.2) is 5.69 Å². The van der Waals surface area contributed by atoms with Crippen molar-refractivity contribution in [3.05, 3.63) is 71.4 Å². The predicted octanol–water partition coefficient (Wildman–Crippen LogP) is 0.344. The van der Waals surface area contributed by atoms with Crippen molar-refractivity contribution in [1.82, 2.24) is 15.2 Å². The maximum absolute atomic E-state index is 12.6. The highest BCUT2D eigenvalue weighted by Crippen LogP contribution is 2.24. The van der Waals surface area contributed by atoms with Gasteiger partial charge in [-0.2, -0.15) is 10.2 Å². The maximum Gasteiger partial charge on any atom is 0.291 e. The summed E-state index contributed by atoms with van der Waals surface area (Å²) in [6, 6.07) is 17.8. The van der Waals surface area contributed by atoms with Crippen LogP contribution in [0.25, 0.3) is 16.9 Å². The number of rotatable bonds is 9. The molecule has 0 aliphatic heterocycles. The van der Waals surface area contributed by atoms with Crippen LogP contribution in [-0.2, 0) is 0 Å². The number of halogens is 1. The van der Waals surface area contributed by atoms with Crippen LogP contribution >= 0.6 is 11.6 Å². The van der Waals surface area contributed by atoms with E-state index in [1.807, 2.05) is 30.3 Å². The van der Waals surface area contributed by atoms with Gasteiger partial charge in [0, 0.05) is 10.6 Å². The lowest BCUT2D eigenvalue weighted by atomic mass is 10.0. The number of nitrogens with one attached hydrogen (secondary N) is 1. The second kappa shape index (κ2) is 11.1. The molecule has 0 fully saturated rings. The van der Waals surface area contributed by atoms with Crippen molar-refractivity contribution in [3.8, 4) is 16.9 Å². The van der Waals surface area contributed by atoms with E-state index in [1.54, 1.807) is 35.0 Å². The van der Waals surface area contributed by atoms with Gasteiger partial charge >= 0.3 is 0 Å². The molecule has 6 N–H and O–H groups in total. The minimum Gasteiger partial charge on any atom is -0.394 e. The van der Waals surface area contributed by atoms with Crippen molar-refractivity contribution in [3.63, 3.8) is 0 Å². The zero-order valence-electron chi connectivity index (χ0n) is 17.2. The number of aromatic nitrogens is 2. The first-order chi connectivity index (χ1) is 15.8. The number of carbonyl (C=O) groups is 1. The molecule has 0 aliphatic rings. The van der Waals surface area contributed by atoms with E-state index in [4.69, 9.17) is 16.7 Å². The summed E-state index contributed by atoms with van der Waals surface area (Å²) in [5.41, 5.74) is 4.36. The van der Waals surface area contributed by atoms with Gasteiger partial charge in [0.05, 0.1) is 24.2 Å². The van der Waals surface area contributed by atoms with Crippen molar-refractivity contribution in [2.75, 3.05) is 6.61 Å². The summed E-state index contributed by atoms with van der Waals surface area (Å²) in [6.45, 7) is -0.807. The van der Waals surface area contributed by atoms with Crippen molar-refractivity contribution < 1.29 is 30.3 Å². The van der Waals surface area contributed by atoms with Crippen LogP contribution in [0.15, 0.2) is 65.8 Å². The van der Waals surface area contributed by atoms with Crippen LogP contribution in [0.5, 0.6) is 0 Å². The molecular weight excluding hydrogens is 452 g/mol. The molecule has 0 radical (unpaired) electrons. The van der Waals surface area contributed by atoms with Crippen LogP contribution in [0, 0.1) is 0 Å². The third kappa shape index (κ3) is 6.02. The summed E-state index contributed by atoms with van der Waals surface area (Å²) in [7, 11) is 0. The van der Waals surface area contributed by atoms with Gasteiger partial charge in [-0.3, -0.25) is 4.79 Å². The van der Waals surface area contributed by atoms with Gasteiger partial charge < -0.3 is 25.5 Å². The minimum absolute atomic E-state index is 0.0340. The highest BCUT2D eigenvalue weighted by Gasteiger charge is 2.29. The summed E-state index contributed by atoms with van der Waals surface area (Å²) < 4.78 is 1.58. The highest BCUT2D eigenvalue weighted by atomic mass is 35.5. The van der Waals surface area contributed by atoms with Crippen LogP contribution in [0.1, 0.15) is 10.5 Å². The summed E-state index contributed by atoms with van der Waals surface area (Å²) in [5.74, 6) is -0.686. The SMILES string of the molecule is O=C(N/N=C\[C@@H](O)[C@H](O)[C@H](O)[C@@H](O)CO)c1cc(-c2ccccc2)n(-c2ccc(Cl)cc2)n1. The summed E-state index contributed by atoms with van der Waals surface area (Å²) in [6.07, 6.45) is -6.22. The molecule has 0 aliphatic carbocycles. The molecule has 0 unspecified atom stereocenters. The average molecular weight is 475 g/mol. The Hall–Kier alpha value is -3.12. The first kappa shape index (κ1) is 24.5. The van der Waals surface area contributed by atoms with E-state index in [1.165, 1.54) is 0 Å². The molecule has 4 atom stereocenters. The van der Waals surface area contributed by atoms with Crippen molar-refractivity contribution >= 4 is 23.7 Å².